The predicted molar refractivity (Wildman–Crippen MR) is 28.0 cm³/mol. The van der Waals surface area contributed by atoms with Crippen molar-refractivity contribution in [2.75, 3.05) is 0 Å². The fourth-order valence-electron chi connectivity index (χ4n) is 0. The monoisotopic (exact) mass is 514 g/mol. The molecular weight excluding hydrogens is 514 g/mol. The molecule has 0 rings (SSSR count). The molecule has 0 spiro atoms. The first kappa shape index (κ1) is 11.1. The number of rotatable bonds is 0. The van der Waals surface area contributed by atoms with E-state index in [0.29, 0.717) is 13.3 Å². The minimum Gasteiger partial charge on any atom is 1.00 e. The molecule has 0 fully saturated rings. The summed E-state index contributed by atoms with van der Waals surface area (Å²) in [5.41, 5.74) is 0. The van der Waals surface area contributed by atoms with E-state index >= 15 is 0 Å². The summed E-state index contributed by atoms with van der Waals surface area (Å²) in [7, 11) is 0. The molecule has 0 saturated heterocycles. The van der Waals surface area contributed by atoms with E-state index in [-0.39, 0.29) is 68.9 Å². The van der Waals surface area contributed by atoms with Gasteiger partial charge in [-0.2, -0.15) is 0 Å². The fourth-order valence-corrected chi connectivity index (χ4v) is 0. The zero-order chi connectivity index (χ0) is 2.71. The van der Waals surface area contributed by atoms with E-state index in [0.717, 1.165) is 0 Å². The summed E-state index contributed by atoms with van der Waals surface area (Å²) in [6, 6.07) is 0. The molecule has 0 unspecified atom stereocenters. The molecule has 0 saturated carbocycles. The molecule has 0 aliphatic rings. The molecule has 0 aliphatic carbocycles. The fraction of sp³-hybridized carbons (Fsp3) is 0. The summed E-state index contributed by atoms with van der Waals surface area (Å²) in [6.45, 7) is 0. The van der Waals surface area contributed by atoms with Crippen LogP contribution in [0, 0.1) is 0 Å². The van der Waals surface area contributed by atoms with Gasteiger partial charge in [0.25, 0.3) is 0 Å². The summed E-state index contributed by atoms with van der Waals surface area (Å²) in [5.74, 6) is 0. The normalized spacial score (nSPS) is 5.50. The molecule has 0 atom stereocenters. The first-order valence-corrected chi connectivity index (χ1v) is 12.9. The molecule has 0 amide bonds. The van der Waals surface area contributed by atoms with Crippen LogP contribution in [-0.4, -0.2) is 0 Å². The molecule has 0 bridgehead atoms. The average Bonchev–Trinajstić information content (AvgIpc) is 0.918. The van der Waals surface area contributed by atoms with E-state index in [9.17, 15) is 0 Å². The van der Waals surface area contributed by atoms with Gasteiger partial charge >= 0.3 is 119 Å². The third kappa shape index (κ3) is 9.53. The van der Waals surface area contributed by atoms with Crippen molar-refractivity contribution in [1.82, 2.24) is 0 Å². The minimum absolute atomic E-state index is 0. The van der Waals surface area contributed by atoms with Crippen molar-refractivity contribution in [3.05, 3.63) is 0 Å². The van der Waals surface area contributed by atoms with E-state index in [4.69, 9.17) is 0 Å². The summed E-state index contributed by atoms with van der Waals surface area (Å²) in [6.07, 6.45) is 0. The molecule has 0 aromatic carbocycles. The van der Waals surface area contributed by atoms with Gasteiger partial charge < -0.3 is 0 Å². The van der Waals surface area contributed by atoms with E-state index in [1.54, 1.807) is 0 Å². The molecular formula is CsI3. The maximum atomic E-state index is 2.39. The van der Waals surface area contributed by atoms with Crippen LogP contribution in [0.3, 0.4) is 0 Å². The summed E-state index contributed by atoms with van der Waals surface area (Å²) in [4.78, 5) is 0. The second-order valence-corrected chi connectivity index (χ2v) is 16.3. The van der Waals surface area contributed by atoms with Crippen molar-refractivity contribution >= 4 is 37.2 Å². The van der Waals surface area contributed by atoms with Crippen LogP contribution in [0.25, 0.3) is 0 Å². The molecule has 0 aromatic heterocycles. The Morgan fingerprint density at radius 3 is 1.25 bits per heavy atom. The van der Waals surface area contributed by atoms with Crippen LogP contribution in [0.1, 0.15) is 0 Å². The van der Waals surface area contributed by atoms with Crippen molar-refractivity contribution < 1.29 is 82.1 Å². The number of hydrogen-bond donors (Lipinski definition) is 0. The number of halogens is 3. The van der Waals surface area contributed by atoms with Gasteiger partial charge in [0.15, 0.2) is 0 Å². The van der Waals surface area contributed by atoms with Crippen LogP contribution in [0.5, 0.6) is 0 Å². The molecule has 0 heterocycles. The van der Waals surface area contributed by atoms with Crippen molar-refractivity contribution in [1.29, 1.82) is 0 Å². The van der Waals surface area contributed by atoms with Crippen LogP contribution >= 0.6 is 37.2 Å². The Balaban J connectivity index is 0. The molecule has 0 aromatic rings. The Morgan fingerprint density at radius 1 is 1.25 bits per heavy atom. The summed E-state index contributed by atoms with van der Waals surface area (Å²) in [5, 5.41) is 0. The van der Waals surface area contributed by atoms with Gasteiger partial charge in [-0.3, -0.25) is 0 Å². The maximum Gasteiger partial charge on any atom is 1.00 e. The van der Waals surface area contributed by atoms with Crippen molar-refractivity contribution in [3.63, 3.8) is 0 Å². The topological polar surface area (TPSA) is 0 Å². The third-order valence-electron chi connectivity index (χ3n) is 0. The van der Waals surface area contributed by atoms with Crippen LogP contribution in [0.15, 0.2) is 0 Å². The minimum atomic E-state index is 0. The first-order valence-electron chi connectivity index (χ1n) is 0.286. The molecule has 4 heteroatoms. The second-order valence-electron chi connectivity index (χ2n) is 0.0540. The van der Waals surface area contributed by atoms with Gasteiger partial charge in [-0.1, -0.05) is 0 Å². The van der Waals surface area contributed by atoms with Gasteiger partial charge in [-0.15, -0.1) is 0 Å². The first-order chi connectivity index (χ1) is 1.41. The Morgan fingerprint density at radius 2 is 1.25 bits per heavy atom. The van der Waals surface area contributed by atoms with Crippen molar-refractivity contribution in [2.45, 2.75) is 0 Å². The van der Waals surface area contributed by atoms with Gasteiger partial charge in [0.2, 0.25) is 0 Å². The van der Waals surface area contributed by atoms with Crippen molar-refractivity contribution in [2.24, 2.45) is 0 Å². The Hall–Kier alpha value is 4.24. The molecule has 22 valence electrons. The Kier molecular flexibility index (Phi) is 28.5. The number of hydrogen-bond acceptors (Lipinski definition) is 0. The zero-order valence-corrected chi connectivity index (χ0v) is 14.9. The quantitative estimate of drug-likeness (QED) is 0.288. The smallest absolute Gasteiger partial charge is 1.00 e. The molecule has 0 radical (unpaired) electrons. The largest absolute Gasteiger partial charge is 1.00 e. The average molecular weight is 514 g/mol. The maximum absolute atomic E-state index is 2.39. The van der Waals surface area contributed by atoms with Gasteiger partial charge in [0.05, 0.1) is 0 Å². The van der Waals surface area contributed by atoms with E-state index in [1.165, 1.54) is 0 Å². The predicted octanol–water partition coefficient (Wildman–Crippen LogP) is -4.22. The van der Waals surface area contributed by atoms with Crippen LogP contribution in [0.2, 0.25) is 0 Å². The van der Waals surface area contributed by atoms with E-state index < -0.39 is 0 Å². The molecule has 0 aliphatic heterocycles. The third-order valence-corrected chi connectivity index (χ3v) is 0. The Bertz CT molecular complexity index is 3.25. The van der Waals surface area contributed by atoms with Gasteiger partial charge in [0, 0.05) is 0 Å². The second kappa shape index (κ2) is 10.3. The molecule has 0 N–H and O–H groups in total. The standard InChI is InChI=1S/Cs.I3/c;1-3-2/q+1;-1. The Labute approximate surface area is 115 Å². The van der Waals surface area contributed by atoms with Gasteiger partial charge in [0.1, 0.15) is 0 Å². The van der Waals surface area contributed by atoms with Crippen LogP contribution < -0.4 is 82.1 Å². The van der Waals surface area contributed by atoms with Crippen LogP contribution in [0.4, 0.5) is 0 Å². The SMILES string of the molecule is I[I-]I.[Cs+]. The molecule has 4 heavy (non-hydrogen) atoms. The van der Waals surface area contributed by atoms with Gasteiger partial charge in [-0.05, 0) is 0 Å². The van der Waals surface area contributed by atoms with Gasteiger partial charge in [-0.25, -0.2) is 0 Å². The van der Waals surface area contributed by atoms with E-state index in [2.05, 4.69) is 37.2 Å². The zero-order valence-electron chi connectivity index (χ0n) is 2.13. The summed E-state index contributed by atoms with van der Waals surface area (Å²) >= 11 is 5.30. The van der Waals surface area contributed by atoms with Crippen molar-refractivity contribution in [3.8, 4) is 0 Å². The van der Waals surface area contributed by atoms with Crippen LogP contribution in [-0.2, 0) is 0 Å². The van der Waals surface area contributed by atoms with E-state index in [1.807, 2.05) is 0 Å². The summed E-state index contributed by atoms with van der Waals surface area (Å²) < 4.78 is 0. The molecule has 0 nitrogen and oxygen atoms in total.